The van der Waals surface area contributed by atoms with Gasteiger partial charge in [-0.3, -0.25) is 4.79 Å². The molecule has 1 saturated carbocycles. The van der Waals surface area contributed by atoms with Crippen LogP contribution in [0, 0.1) is 40.9 Å². The first-order chi connectivity index (χ1) is 6.91. The number of rotatable bonds is 1. The van der Waals surface area contributed by atoms with Gasteiger partial charge in [-0.25, -0.2) is 0 Å². The molecular weight excluding hydrogens is 188 g/mol. The molecule has 4 unspecified atom stereocenters. The van der Waals surface area contributed by atoms with E-state index in [1.165, 1.54) is 0 Å². The van der Waals surface area contributed by atoms with Gasteiger partial charge < -0.3 is 5.11 Å². The highest BCUT2D eigenvalue weighted by atomic mass is 16.4. The van der Waals surface area contributed by atoms with Gasteiger partial charge in [0, 0.05) is 11.8 Å². The quantitative estimate of drug-likeness (QED) is 0.669. The Labute approximate surface area is 91.1 Å². The molecule has 0 aliphatic heterocycles. The molecule has 0 aromatic rings. The summed E-state index contributed by atoms with van der Waals surface area (Å²) in [5.74, 6) is 6.08. The fourth-order valence-electron chi connectivity index (χ4n) is 3.22. The van der Waals surface area contributed by atoms with Crippen molar-refractivity contribution in [3.05, 3.63) is 0 Å². The summed E-state index contributed by atoms with van der Waals surface area (Å²) in [5, 5.41) is 9.33. The fraction of sp³-hybridized carbons (Fsp3) is 0.769. The van der Waals surface area contributed by atoms with E-state index in [0.29, 0.717) is 5.92 Å². The summed E-state index contributed by atoms with van der Waals surface area (Å²) in [4.78, 5) is 11.3. The summed E-state index contributed by atoms with van der Waals surface area (Å²) < 4.78 is 0. The predicted molar refractivity (Wildman–Crippen MR) is 58.1 cm³/mol. The van der Waals surface area contributed by atoms with Crippen LogP contribution in [0.2, 0.25) is 0 Å². The Morgan fingerprint density at radius 1 is 1.20 bits per heavy atom. The van der Waals surface area contributed by atoms with E-state index in [0.717, 1.165) is 12.8 Å². The maximum Gasteiger partial charge on any atom is 0.308 e. The van der Waals surface area contributed by atoms with E-state index in [-0.39, 0.29) is 23.2 Å². The number of carboxylic acids is 1. The topological polar surface area (TPSA) is 37.3 Å². The first-order valence-electron chi connectivity index (χ1n) is 5.65. The second-order valence-electron chi connectivity index (χ2n) is 5.83. The second kappa shape index (κ2) is 3.27. The third-order valence-electron chi connectivity index (χ3n) is 3.78. The minimum Gasteiger partial charge on any atom is -0.481 e. The van der Waals surface area contributed by atoms with Crippen molar-refractivity contribution in [3.8, 4) is 11.8 Å². The Balaban J connectivity index is 2.37. The summed E-state index contributed by atoms with van der Waals surface area (Å²) in [6.07, 6.45) is 2.06. The van der Waals surface area contributed by atoms with Gasteiger partial charge in [0.2, 0.25) is 0 Å². The van der Waals surface area contributed by atoms with Crippen LogP contribution in [0.1, 0.15) is 33.6 Å². The van der Waals surface area contributed by atoms with Crippen molar-refractivity contribution in [2.24, 2.45) is 29.1 Å². The minimum absolute atomic E-state index is 0.0431. The zero-order chi connectivity index (χ0) is 11.2. The lowest BCUT2D eigenvalue weighted by Gasteiger charge is -2.46. The predicted octanol–water partition coefficient (Wildman–Crippen LogP) is 2.39. The fourth-order valence-corrected chi connectivity index (χ4v) is 3.22. The van der Waals surface area contributed by atoms with Crippen molar-refractivity contribution in [1.82, 2.24) is 0 Å². The van der Waals surface area contributed by atoms with Gasteiger partial charge in [0.05, 0.1) is 5.92 Å². The average molecular weight is 206 g/mol. The van der Waals surface area contributed by atoms with E-state index in [9.17, 15) is 9.90 Å². The van der Waals surface area contributed by atoms with Gasteiger partial charge in [0.1, 0.15) is 0 Å². The van der Waals surface area contributed by atoms with Gasteiger partial charge in [-0.2, -0.15) is 0 Å². The molecule has 3 rings (SSSR count). The van der Waals surface area contributed by atoms with Crippen LogP contribution in [-0.2, 0) is 4.79 Å². The number of hydrogen-bond acceptors (Lipinski definition) is 1. The molecular formula is C13H18O2. The first kappa shape index (κ1) is 10.5. The third kappa shape index (κ3) is 1.65. The maximum absolute atomic E-state index is 11.3. The van der Waals surface area contributed by atoms with Crippen LogP contribution in [0.4, 0.5) is 0 Å². The zero-order valence-corrected chi connectivity index (χ0v) is 9.58. The molecule has 0 spiro atoms. The standard InChI is InChI=1S/C13H18O2/c1-13(2,3)11-9-6-4-8(5-7-9)10(11)12(14)15/h8-11H,4,6H2,1-3H3,(H,14,15). The first-order valence-corrected chi connectivity index (χ1v) is 5.65. The lowest BCUT2D eigenvalue weighted by molar-refractivity contribution is -0.150. The molecule has 2 nitrogen and oxygen atoms in total. The van der Waals surface area contributed by atoms with E-state index < -0.39 is 5.97 Å². The van der Waals surface area contributed by atoms with E-state index >= 15 is 0 Å². The van der Waals surface area contributed by atoms with E-state index in [1.54, 1.807) is 0 Å². The molecule has 3 aliphatic rings. The number of fused-ring (bicyclic) bond motifs is 2. The summed E-state index contributed by atoms with van der Waals surface area (Å²) >= 11 is 0. The van der Waals surface area contributed by atoms with Crippen molar-refractivity contribution >= 4 is 5.97 Å². The normalized spacial score (nSPS) is 38.3. The van der Waals surface area contributed by atoms with Crippen molar-refractivity contribution in [2.75, 3.05) is 0 Å². The highest BCUT2D eigenvalue weighted by Gasteiger charge is 2.49. The SMILES string of the molecule is CC(C)(C)C1C2C#CC(CC2)C1C(=O)O. The molecule has 3 aliphatic carbocycles. The van der Waals surface area contributed by atoms with Crippen molar-refractivity contribution < 1.29 is 9.90 Å². The highest BCUT2D eigenvalue weighted by molar-refractivity contribution is 5.72. The molecule has 0 aromatic heterocycles. The molecule has 0 radical (unpaired) electrons. The van der Waals surface area contributed by atoms with Gasteiger partial charge in [0.15, 0.2) is 0 Å². The molecule has 1 fully saturated rings. The number of aliphatic carboxylic acids is 1. The van der Waals surface area contributed by atoms with Crippen LogP contribution >= 0.6 is 0 Å². The summed E-state index contributed by atoms with van der Waals surface area (Å²) in [5.41, 5.74) is 0.0431. The number of hydrogen-bond donors (Lipinski definition) is 1. The molecule has 4 atom stereocenters. The van der Waals surface area contributed by atoms with Gasteiger partial charge in [-0.15, -0.1) is 0 Å². The van der Waals surface area contributed by atoms with E-state index in [2.05, 4.69) is 32.6 Å². The van der Waals surface area contributed by atoms with Crippen LogP contribution < -0.4 is 0 Å². The van der Waals surface area contributed by atoms with E-state index in [1.807, 2.05) is 0 Å². The Morgan fingerprint density at radius 2 is 1.73 bits per heavy atom. The smallest absolute Gasteiger partial charge is 0.308 e. The molecule has 82 valence electrons. The Morgan fingerprint density at radius 3 is 2.07 bits per heavy atom. The van der Waals surface area contributed by atoms with Crippen LogP contribution in [0.3, 0.4) is 0 Å². The van der Waals surface area contributed by atoms with Crippen LogP contribution in [0.5, 0.6) is 0 Å². The van der Waals surface area contributed by atoms with Crippen LogP contribution in [0.15, 0.2) is 0 Å². The zero-order valence-electron chi connectivity index (χ0n) is 9.58. The Hall–Kier alpha value is -0.970. The van der Waals surface area contributed by atoms with Crippen molar-refractivity contribution in [3.63, 3.8) is 0 Å². The third-order valence-corrected chi connectivity index (χ3v) is 3.78. The highest BCUT2D eigenvalue weighted by Crippen LogP contribution is 2.49. The molecule has 0 heterocycles. The molecule has 1 N–H and O–H groups in total. The van der Waals surface area contributed by atoms with Crippen molar-refractivity contribution in [2.45, 2.75) is 33.6 Å². The van der Waals surface area contributed by atoms with Gasteiger partial charge >= 0.3 is 5.97 Å². The molecule has 0 amide bonds. The Kier molecular flexibility index (Phi) is 2.30. The average Bonchev–Trinajstić information content (AvgIpc) is 2.16. The van der Waals surface area contributed by atoms with Crippen molar-refractivity contribution in [1.29, 1.82) is 0 Å². The van der Waals surface area contributed by atoms with E-state index in [4.69, 9.17) is 0 Å². The number of carboxylic acid groups (broad SMARTS) is 1. The molecule has 0 saturated heterocycles. The van der Waals surface area contributed by atoms with Gasteiger partial charge in [0.25, 0.3) is 0 Å². The van der Waals surface area contributed by atoms with Crippen LogP contribution in [0.25, 0.3) is 0 Å². The van der Waals surface area contributed by atoms with Gasteiger partial charge in [-0.05, 0) is 24.2 Å². The number of carbonyl (C=O) groups is 1. The summed E-state index contributed by atoms with van der Waals surface area (Å²) in [6, 6.07) is 0. The molecule has 2 heteroatoms. The molecule has 15 heavy (non-hydrogen) atoms. The molecule has 0 aromatic carbocycles. The Bertz CT molecular complexity index is 340. The maximum atomic E-state index is 11.3. The van der Waals surface area contributed by atoms with Crippen LogP contribution in [-0.4, -0.2) is 11.1 Å². The summed E-state index contributed by atoms with van der Waals surface area (Å²) in [7, 11) is 0. The summed E-state index contributed by atoms with van der Waals surface area (Å²) in [6.45, 7) is 6.40. The molecule has 2 bridgehead atoms. The second-order valence-corrected chi connectivity index (χ2v) is 5.83. The largest absolute Gasteiger partial charge is 0.481 e. The lowest BCUT2D eigenvalue weighted by atomic mass is 9.56. The minimum atomic E-state index is -0.654. The lowest BCUT2D eigenvalue weighted by Crippen LogP contribution is -2.47. The van der Waals surface area contributed by atoms with Gasteiger partial charge in [-0.1, -0.05) is 32.6 Å². The monoisotopic (exact) mass is 206 g/mol.